The predicted molar refractivity (Wildman–Crippen MR) is 124 cm³/mol. The molecule has 8 nitrogen and oxygen atoms in total. The number of amides is 1. The molecular weight excluding hydrogens is 404 g/mol. The maximum Gasteiger partial charge on any atom is 0.219 e. The number of hydrogen-bond acceptors (Lipinski definition) is 7. The van der Waals surface area contributed by atoms with Crippen molar-refractivity contribution in [1.82, 2.24) is 14.9 Å². The van der Waals surface area contributed by atoms with Gasteiger partial charge in [-0.05, 0) is 49.2 Å². The number of rotatable bonds is 6. The highest BCUT2D eigenvalue weighted by molar-refractivity contribution is 6.16. The zero-order valence-electron chi connectivity index (χ0n) is 17.9. The van der Waals surface area contributed by atoms with Crippen molar-refractivity contribution in [2.24, 2.45) is 0 Å². The van der Waals surface area contributed by atoms with Crippen LogP contribution in [-0.2, 0) is 4.79 Å². The minimum absolute atomic E-state index is 0.0372. The Labute approximate surface area is 187 Å². The lowest BCUT2D eigenvalue weighted by atomic mass is 10.0. The average molecular weight is 431 g/mol. The average Bonchev–Trinajstić information content (AvgIpc) is 2.80. The van der Waals surface area contributed by atoms with Crippen LogP contribution in [0.3, 0.4) is 0 Å². The zero-order chi connectivity index (χ0) is 22.5. The normalized spacial score (nSPS) is 15.8. The standard InChI is InChI=1S/C24H26N6O2/c1-16(31)30-13-5-6-18(14-30)29-24-21(23(26)27-15-28-24)22(25)17-9-11-20(12-10-17)32-19-7-3-2-4-8-19/h2-4,7-12,15,18,25H,5-6,13-14H2,1H3,(H3,26,27,28,29). The summed E-state index contributed by atoms with van der Waals surface area (Å²) >= 11 is 0. The van der Waals surface area contributed by atoms with Gasteiger partial charge in [-0.15, -0.1) is 0 Å². The second-order valence-electron chi connectivity index (χ2n) is 7.75. The number of nitrogens with two attached hydrogens (primary N) is 1. The van der Waals surface area contributed by atoms with E-state index in [0.717, 1.165) is 25.1 Å². The lowest BCUT2D eigenvalue weighted by Gasteiger charge is -2.33. The van der Waals surface area contributed by atoms with Gasteiger partial charge in [0.05, 0.1) is 11.3 Å². The molecule has 1 unspecified atom stereocenters. The largest absolute Gasteiger partial charge is 0.457 e. The summed E-state index contributed by atoms with van der Waals surface area (Å²) in [6.45, 7) is 2.94. The van der Waals surface area contributed by atoms with Gasteiger partial charge in [0.15, 0.2) is 0 Å². The van der Waals surface area contributed by atoms with Crippen molar-refractivity contribution in [1.29, 1.82) is 5.41 Å². The number of nitrogens with one attached hydrogen (secondary N) is 2. The first-order valence-corrected chi connectivity index (χ1v) is 10.6. The third-order valence-corrected chi connectivity index (χ3v) is 5.46. The molecule has 1 amide bonds. The van der Waals surface area contributed by atoms with Crippen LogP contribution in [0.15, 0.2) is 60.9 Å². The fourth-order valence-electron chi connectivity index (χ4n) is 3.79. The first kappa shape index (κ1) is 21.3. The SMILES string of the molecule is CC(=O)N1CCCC(Nc2ncnc(N)c2C(=N)c2ccc(Oc3ccccc3)cc2)C1. The molecule has 4 rings (SSSR count). The lowest BCUT2D eigenvalue weighted by Crippen LogP contribution is -2.44. The molecule has 0 bridgehead atoms. The van der Waals surface area contributed by atoms with E-state index in [-0.39, 0.29) is 23.5 Å². The molecule has 164 valence electrons. The van der Waals surface area contributed by atoms with Crippen molar-refractivity contribution >= 4 is 23.3 Å². The summed E-state index contributed by atoms with van der Waals surface area (Å²) in [5.74, 6) is 2.22. The molecule has 1 aliphatic rings. The van der Waals surface area contributed by atoms with Gasteiger partial charge >= 0.3 is 0 Å². The monoisotopic (exact) mass is 430 g/mol. The van der Waals surface area contributed by atoms with E-state index in [2.05, 4.69) is 15.3 Å². The van der Waals surface area contributed by atoms with Crippen LogP contribution in [0.4, 0.5) is 11.6 Å². The number of nitrogens with zero attached hydrogens (tertiary/aromatic N) is 3. The smallest absolute Gasteiger partial charge is 0.219 e. The molecule has 1 aromatic heterocycles. The second kappa shape index (κ2) is 9.47. The molecule has 1 fully saturated rings. The predicted octanol–water partition coefficient (Wildman–Crippen LogP) is 3.69. The number of anilines is 2. The molecule has 1 saturated heterocycles. The molecule has 1 aliphatic heterocycles. The number of likely N-dealkylation sites (tertiary alicyclic amines) is 1. The molecule has 0 spiro atoms. The fourth-order valence-corrected chi connectivity index (χ4v) is 3.79. The first-order valence-electron chi connectivity index (χ1n) is 10.6. The van der Waals surface area contributed by atoms with Crippen molar-refractivity contribution in [2.75, 3.05) is 24.1 Å². The van der Waals surface area contributed by atoms with Crippen molar-refractivity contribution < 1.29 is 9.53 Å². The maximum atomic E-state index is 11.8. The Kier molecular flexibility index (Phi) is 6.30. The van der Waals surface area contributed by atoms with Gasteiger partial charge in [-0.25, -0.2) is 9.97 Å². The number of hydrogen-bond donors (Lipinski definition) is 3. The third kappa shape index (κ3) is 4.85. The summed E-state index contributed by atoms with van der Waals surface area (Å²) in [7, 11) is 0. The maximum absolute atomic E-state index is 11.8. The van der Waals surface area contributed by atoms with Crippen LogP contribution in [0, 0.1) is 5.41 Å². The Morgan fingerprint density at radius 3 is 2.56 bits per heavy atom. The quantitative estimate of drug-likeness (QED) is 0.514. The summed E-state index contributed by atoms with van der Waals surface area (Å²) in [6.07, 6.45) is 3.20. The molecule has 4 N–H and O–H groups in total. The van der Waals surface area contributed by atoms with Crippen molar-refractivity contribution in [3.8, 4) is 11.5 Å². The topological polar surface area (TPSA) is 117 Å². The Hall–Kier alpha value is -3.94. The van der Waals surface area contributed by atoms with Crippen LogP contribution in [0.25, 0.3) is 0 Å². The zero-order valence-corrected chi connectivity index (χ0v) is 17.9. The third-order valence-electron chi connectivity index (χ3n) is 5.46. The van der Waals surface area contributed by atoms with Gasteiger partial charge in [0.2, 0.25) is 5.91 Å². The van der Waals surface area contributed by atoms with Crippen molar-refractivity contribution in [2.45, 2.75) is 25.8 Å². The molecule has 2 aromatic carbocycles. The molecule has 3 aromatic rings. The molecule has 1 atom stereocenters. The highest BCUT2D eigenvalue weighted by Crippen LogP contribution is 2.26. The number of ether oxygens (including phenoxy) is 1. The van der Waals surface area contributed by atoms with Gasteiger partial charge < -0.3 is 20.7 Å². The molecular formula is C24H26N6O2. The van der Waals surface area contributed by atoms with Gasteiger partial charge in [0, 0.05) is 31.6 Å². The summed E-state index contributed by atoms with van der Waals surface area (Å²) in [5, 5.41) is 12.1. The number of piperidine rings is 1. The molecule has 0 saturated carbocycles. The minimum Gasteiger partial charge on any atom is -0.457 e. The fraction of sp³-hybridized carbons (Fsp3) is 0.250. The van der Waals surface area contributed by atoms with E-state index < -0.39 is 0 Å². The molecule has 0 aliphatic carbocycles. The van der Waals surface area contributed by atoms with Gasteiger partial charge in [0.1, 0.15) is 29.5 Å². The summed E-state index contributed by atoms with van der Waals surface area (Å²) in [6, 6.07) is 16.8. The molecule has 2 heterocycles. The van der Waals surface area contributed by atoms with Gasteiger partial charge in [0.25, 0.3) is 0 Å². The summed E-state index contributed by atoms with van der Waals surface area (Å²) in [4.78, 5) is 22.0. The highest BCUT2D eigenvalue weighted by Gasteiger charge is 2.24. The van der Waals surface area contributed by atoms with Crippen LogP contribution >= 0.6 is 0 Å². The van der Waals surface area contributed by atoms with Crippen LogP contribution in [0.5, 0.6) is 11.5 Å². The molecule has 32 heavy (non-hydrogen) atoms. The van der Waals surface area contributed by atoms with E-state index in [4.69, 9.17) is 15.9 Å². The highest BCUT2D eigenvalue weighted by atomic mass is 16.5. The minimum atomic E-state index is 0.0372. The number of nitrogen functional groups attached to an aromatic ring is 1. The molecule has 0 radical (unpaired) electrons. The van der Waals surface area contributed by atoms with Gasteiger partial charge in [-0.2, -0.15) is 0 Å². The Balaban J connectivity index is 1.53. The number of carbonyl (C=O) groups excluding carboxylic acids is 1. The number of aromatic nitrogens is 2. The van der Waals surface area contributed by atoms with Crippen LogP contribution in [-0.4, -0.2) is 45.6 Å². The number of para-hydroxylation sites is 1. The molecule has 8 heteroatoms. The van der Waals surface area contributed by atoms with E-state index in [0.29, 0.717) is 29.2 Å². The van der Waals surface area contributed by atoms with E-state index >= 15 is 0 Å². The van der Waals surface area contributed by atoms with Crippen LogP contribution in [0.1, 0.15) is 30.9 Å². The van der Waals surface area contributed by atoms with Crippen molar-refractivity contribution in [3.63, 3.8) is 0 Å². The van der Waals surface area contributed by atoms with E-state index in [9.17, 15) is 4.79 Å². The van der Waals surface area contributed by atoms with Crippen LogP contribution < -0.4 is 15.8 Å². The van der Waals surface area contributed by atoms with Crippen molar-refractivity contribution in [3.05, 3.63) is 72.1 Å². The Morgan fingerprint density at radius 1 is 1.12 bits per heavy atom. The number of carbonyl (C=O) groups is 1. The summed E-state index contributed by atoms with van der Waals surface area (Å²) < 4.78 is 5.83. The Bertz CT molecular complexity index is 1100. The lowest BCUT2D eigenvalue weighted by molar-refractivity contribution is -0.129. The van der Waals surface area contributed by atoms with Gasteiger partial charge in [-0.3, -0.25) is 10.2 Å². The van der Waals surface area contributed by atoms with E-state index in [1.807, 2.05) is 59.5 Å². The van der Waals surface area contributed by atoms with Gasteiger partial charge in [-0.1, -0.05) is 18.2 Å². The Morgan fingerprint density at radius 2 is 1.84 bits per heavy atom. The number of benzene rings is 2. The first-order chi connectivity index (χ1) is 15.5. The van der Waals surface area contributed by atoms with E-state index in [1.165, 1.54) is 6.33 Å². The second-order valence-corrected chi connectivity index (χ2v) is 7.75. The summed E-state index contributed by atoms with van der Waals surface area (Å²) in [5.41, 5.74) is 7.49. The van der Waals surface area contributed by atoms with Crippen LogP contribution in [0.2, 0.25) is 0 Å². The van der Waals surface area contributed by atoms with E-state index in [1.54, 1.807) is 6.92 Å².